The Balaban J connectivity index is 1.66. The topological polar surface area (TPSA) is 91.6 Å². The number of hydrogen-bond donors (Lipinski definition) is 2. The Morgan fingerprint density at radius 2 is 2.06 bits per heavy atom. The number of methoxy groups -OCH3 is 1. The van der Waals surface area contributed by atoms with Gasteiger partial charge in [0, 0.05) is 35.9 Å². The van der Waals surface area contributed by atoms with Crippen LogP contribution in [0.4, 0.5) is 0 Å². The summed E-state index contributed by atoms with van der Waals surface area (Å²) in [5.41, 5.74) is -2.36. The molecule has 7 nitrogen and oxygen atoms in total. The van der Waals surface area contributed by atoms with Crippen molar-refractivity contribution in [1.82, 2.24) is 5.01 Å². The van der Waals surface area contributed by atoms with E-state index in [-0.39, 0.29) is 11.8 Å². The van der Waals surface area contributed by atoms with E-state index < -0.39 is 46.5 Å². The predicted molar refractivity (Wildman–Crippen MR) is 118 cm³/mol. The van der Waals surface area contributed by atoms with Gasteiger partial charge in [0.1, 0.15) is 11.7 Å². The van der Waals surface area contributed by atoms with Gasteiger partial charge in [-0.25, -0.2) is 0 Å². The Kier molecular flexibility index (Phi) is 3.18. The van der Waals surface area contributed by atoms with Gasteiger partial charge in [0.2, 0.25) is 0 Å². The fourth-order valence-electron chi connectivity index (χ4n) is 8.53. The largest absolute Gasteiger partial charge is 0.504 e. The van der Waals surface area contributed by atoms with Crippen LogP contribution in [0, 0.1) is 21.7 Å². The molecule has 0 amide bonds. The first-order valence-corrected chi connectivity index (χ1v) is 11.7. The summed E-state index contributed by atoms with van der Waals surface area (Å²) in [6, 6.07) is 3.29. The van der Waals surface area contributed by atoms with E-state index in [0.717, 1.165) is 11.1 Å². The molecule has 6 aliphatic rings. The SMILES string of the molecule is [2H]C([2H])([2H])O[C@]12CC[C@@]3(C[C@@H]1[C@](C)(O)C(C)(C)C)[C@H]1Cc4ccc(O)c5c4[C@@]3(CCN1N=O)[C@H]2O5. The molecule has 1 aromatic rings. The molecule has 1 saturated heterocycles. The van der Waals surface area contributed by atoms with Crippen LogP contribution in [0.15, 0.2) is 17.4 Å². The number of hydrogen-bond acceptors (Lipinski definition) is 6. The lowest BCUT2D eigenvalue weighted by atomic mass is 9.33. The lowest BCUT2D eigenvalue weighted by Gasteiger charge is -2.74. The average Bonchev–Trinajstić information content (AvgIpc) is 3.11. The molecule has 4 fully saturated rings. The molecule has 174 valence electrons. The zero-order valence-electron chi connectivity index (χ0n) is 22.1. The number of fused-ring (bicyclic) bond motifs is 2. The van der Waals surface area contributed by atoms with E-state index in [1.165, 1.54) is 0 Å². The molecule has 2 heterocycles. The highest BCUT2D eigenvalue weighted by Gasteiger charge is 2.82. The third-order valence-corrected chi connectivity index (χ3v) is 10.4. The van der Waals surface area contributed by atoms with Crippen molar-refractivity contribution in [2.45, 2.75) is 88.6 Å². The van der Waals surface area contributed by atoms with E-state index in [2.05, 4.69) is 5.29 Å². The van der Waals surface area contributed by atoms with Gasteiger partial charge in [-0.3, -0.25) is 5.01 Å². The molecule has 0 aromatic heterocycles. The van der Waals surface area contributed by atoms with Crippen molar-refractivity contribution >= 4 is 0 Å². The van der Waals surface area contributed by atoms with Gasteiger partial charge in [-0.15, -0.1) is 4.91 Å². The maximum atomic E-state index is 12.1. The third kappa shape index (κ3) is 1.91. The van der Waals surface area contributed by atoms with E-state index in [4.69, 9.17) is 13.6 Å². The second-order valence-corrected chi connectivity index (χ2v) is 12.0. The van der Waals surface area contributed by atoms with Crippen LogP contribution in [0.25, 0.3) is 0 Å². The first kappa shape index (κ1) is 17.6. The van der Waals surface area contributed by atoms with Crippen LogP contribution < -0.4 is 4.74 Å². The monoisotopic (exact) mass is 445 g/mol. The second-order valence-electron chi connectivity index (χ2n) is 12.0. The van der Waals surface area contributed by atoms with Crippen molar-refractivity contribution in [3.63, 3.8) is 0 Å². The van der Waals surface area contributed by atoms with Crippen molar-refractivity contribution in [3.05, 3.63) is 28.2 Å². The number of nitrogens with zero attached hydrogens (tertiary/aromatic N) is 2. The highest BCUT2D eigenvalue weighted by molar-refractivity contribution is 5.63. The molecule has 2 spiro atoms. The molecule has 2 N–H and O–H groups in total. The minimum Gasteiger partial charge on any atom is -0.504 e. The van der Waals surface area contributed by atoms with Crippen LogP contribution in [-0.2, 0) is 16.6 Å². The van der Waals surface area contributed by atoms with Gasteiger partial charge in [0.15, 0.2) is 11.5 Å². The predicted octanol–water partition coefficient (Wildman–Crippen LogP) is 3.69. The molecule has 7 heteroatoms. The fourth-order valence-corrected chi connectivity index (χ4v) is 8.53. The molecule has 7 atom stereocenters. The molecule has 1 aromatic carbocycles. The Morgan fingerprint density at radius 1 is 1.28 bits per heavy atom. The van der Waals surface area contributed by atoms with Gasteiger partial charge in [-0.1, -0.05) is 26.8 Å². The summed E-state index contributed by atoms with van der Waals surface area (Å²) in [7, 11) is -2.71. The number of phenolic OH excluding ortho intramolecular Hbond substituents is 1. The first-order valence-electron chi connectivity index (χ1n) is 13.2. The molecular formula is C25H34N2O5. The number of aliphatic hydroxyl groups is 1. The van der Waals surface area contributed by atoms with Crippen molar-refractivity contribution in [2.24, 2.45) is 22.0 Å². The molecular weight excluding hydrogens is 408 g/mol. The zero-order chi connectivity index (χ0) is 25.4. The first-order chi connectivity index (χ1) is 16.1. The number of piperidine rings is 1. The summed E-state index contributed by atoms with van der Waals surface area (Å²) in [5, 5.41) is 28.0. The Bertz CT molecular complexity index is 1120. The quantitative estimate of drug-likeness (QED) is 0.690. The molecule has 32 heavy (non-hydrogen) atoms. The molecule has 0 unspecified atom stereocenters. The maximum absolute atomic E-state index is 12.1. The van der Waals surface area contributed by atoms with Crippen molar-refractivity contribution in [1.29, 1.82) is 0 Å². The van der Waals surface area contributed by atoms with Crippen LogP contribution >= 0.6 is 0 Å². The number of phenols is 1. The number of ether oxygens (including phenoxy) is 2. The minimum atomic E-state index is -2.71. The van der Waals surface area contributed by atoms with Crippen LogP contribution in [0.1, 0.15) is 68.6 Å². The van der Waals surface area contributed by atoms with Crippen LogP contribution in [0.5, 0.6) is 11.5 Å². The molecule has 0 radical (unpaired) electrons. The maximum Gasteiger partial charge on any atom is 0.165 e. The van der Waals surface area contributed by atoms with Crippen LogP contribution in [0.2, 0.25) is 0 Å². The van der Waals surface area contributed by atoms with E-state index in [0.29, 0.717) is 44.4 Å². The highest BCUT2D eigenvalue weighted by Crippen LogP contribution is 2.78. The summed E-state index contributed by atoms with van der Waals surface area (Å²) in [4.78, 5) is 12.0. The third-order valence-electron chi connectivity index (χ3n) is 10.4. The Morgan fingerprint density at radius 3 is 2.75 bits per heavy atom. The van der Waals surface area contributed by atoms with Gasteiger partial charge >= 0.3 is 0 Å². The van der Waals surface area contributed by atoms with Crippen molar-refractivity contribution in [2.75, 3.05) is 13.6 Å². The molecule has 4 bridgehead atoms. The number of rotatable bonds is 3. The van der Waals surface area contributed by atoms with Crippen molar-refractivity contribution in [3.8, 4) is 11.5 Å². The fraction of sp³-hybridized carbons (Fsp3) is 0.760. The number of aromatic hydroxyl groups is 1. The summed E-state index contributed by atoms with van der Waals surface area (Å²) in [6.45, 7) is 8.03. The Labute approximate surface area is 193 Å². The highest BCUT2D eigenvalue weighted by atomic mass is 16.6. The number of nitroso groups, excluding NO2 is 1. The smallest absolute Gasteiger partial charge is 0.165 e. The summed E-state index contributed by atoms with van der Waals surface area (Å²) in [6.07, 6.45) is 1.91. The lowest BCUT2D eigenvalue weighted by molar-refractivity contribution is -0.312. The van der Waals surface area contributed by atoms with Gasteiger partial charge in [-0.05, 0) is 56.1 Å². The zero-order valence-corrected chi connectivity index (χ0v) is 19.1. The van der Waals surface area contributed by atoms with E-state index >= 15 is 0 Å². The minimum absolute atomic E-state index is 0.0274. The molecule has 3 saturated carbocycles. The molecule has 2 aliphatic heterocycles. The van der Waals surface area contributed by atoms with Gasteiger partial charge in [0.25, 0.3) is 0 Å². The summed E-state index contributed by atoms with van der Waals surface area (Å²) < 4.78 is 37.1. The van der Waals surface area contributed by atoms with Gasteiger partial charge < -0.3 is 19.7 Å². The average molecular weight is 446 g/mol. The summed E-state index contributed by atoms with van der Waals surface area (Å²) in [5.74, 6) is -0.145. The summed E-state index contributed by atoms with van der Waals surface area (Å²) >= 11 is 0. The number of benzene rings is 1. The normalized spacial score (nSPS) is 44.6. The standard InChI is InChI=1S/C25H34N2O5/c1-21(2,3)22(4,29)16-13-23-8-9-25(16,31-5)20-24(23)10-11-27(26-30)17(23)12-14-6-7-15(28)19(32-20)18(14)24/h6-7,16-17,20,28-29H,8-13H2,1-5H3/t16-,17-,20-,22+,23-,24+,25-/m1/s1/i5D3. The van der Waals surface area contributed by atoms with Crippen molar-refractivity contribution < 1.29 is 23.8 Å². The van der Waals surface area contributed by atoms with E-state index in [1.807, 2.05) is 26.8 Å². The lowest BCUT2D eigenvalue weighted by Crippen LogP contribution is -2.82. The van der Waals surface area contributed by atoms with Gasteiger partial charge in [-0.2, -0.15) is 0 Å². The molecule has 4 aliphatic carbocycles. The second kappa shape index (κ2) is 5.79. The van der Waals surface area contributed by atoms with Crippen LogP contribution in [0.3, 0.4) is 0 Å². The van der Waals surface area contributed by atoms with Gasteiger partial charge in [0.05, 0.1) is 21.0 Å². The van der Waals surface area contributed by atoms with E-state index in [9.17, 15) is 15.1 Å². The Hall–Kier alpha value is -1.86. The van der Waals surface area contributed by atoms with E-state index in [1.54, 1.807) is 18.0 Å². The van der Waals surface area contributed by atoms with Crippen LogP contribution in [-0.4, -0.2) is 52.2 Å². The molecule has 7 rings (SSSR count).